The van der Waals surface area contributed by atoms with Gasteiger partial charge in [0, 0.05) is 5.16 Å². The van der Waals surface area contributed by atoms with Crippen molar-refractivity contribution in [3.05, 3.63) is 30.3 Å². The van der Waals surface area contributed by atoms with Crippen molar-refractivity contribution in [3.8, 4) is 5.75 Å². The maximum atomic E-state index is 11.0. The third-order valence-electron chi connectivity index (χ3n) is 1.15. The van der Waals surface area contributed by atoms with E-state index >= 15 is 0 Å². The number of rotatable bonds is 4. The van der Waals surface area contributed by atoms with Crippen LogP contribution in [0.25, 0.3) is 0 Å². The number of benzene rings is 1. The van der Waals surface area contributed by atoms with Crippen LogP contribution in [0.1, 0.15) is 0 Å². The van der Waals surface area contributed by atoms with Crippen molar-refractivity contribution in [2.75, 3.05) is 0 Å². The van der Waals surface area contributed by atoms with E-state index in [1.54, 1.807) is 18.2 Å². The number of isocyanates is 1. The molecule has 0 saturated carbocycles. The first-order valence-electron chi connectivity index (χ1n) is 3.47. The first-order valence-corrected chi connectivity index (χ1v) is 4.97. The van der Waals surface area contributed by atoms with Gasteiger partial charge in [-0.1, -0.05) is 18.2 Å². The van der Waals surface area contributed by atoms with E-state index in [4.69, 9.17) is 4.89 Å². The normalized spacial score (nSPS) is 13.5. The van der Waals surface area contributed by atoms with Gasteiger partial charge in [0.25, 0.3) is 6.08 Å². The third-order valence-corrected chi connectivity index (χ3v) is 1.87. The van der Waals surface area contributed by atoms with Crippen molar-refractivity contribution in [1.82, 2.24) is 0 Å². The molecule has 0 aliphatic heterocycles. The Kier molecular flexibility index (Phi) is 3.42. The summed E-state index contributed by atoms with van der Waals surface area (Å²) in [5.41, 5.74) is 0. The summed E-state index contributed by atoms with van der Waals surface area (Å²) in [4.78, 5) is 18.5. The number of carbonyl (C=O) groups excluding carboxylic acids is 1. The summed E-state index contributed by atoms with van der Waals surface area (Å²) in [5, 5.41) is 2.50. The highest BCUT2D eigenvalue weighted by molar-refractivity contribution is 7.47. The second kappa shape index (κ2) is 4.58. The fourth-order valence-electron chi connectivity index (χ4n) is 0.699. The van der Waals surface area contributed by atoms with E-state index in [1.807, 2.05) is 0 Å². The lowest BCUT2D eigenvalue weighted by molar-refractivity contribution is 0.211. The summed E-state index contributed by atoms with van der Waals surface area (Å²) in [6.45, 7) is 0. The molecule has 1 aromatic carbocycles. The minimum atomic E-state index is -4.36. The van der Waals surface area contributed by atoms with Crippen LogP contribution in [-0.2, 0) is 14.0 Å². The number of para-hydroxylation sites is 1. The van der Waals surface area contributed by atoms with Gasteiger partial charge in [-0.2, -0.15) is 0 Å². The van der Waals surface area contributed by atoms with E-state index in [-0.39, 0.29) is 5.75 Å². The van der Waals surface area contributed by atoms with Crippen LogP contribution in [-0.4, -0.2) is 11.0 Å². The largest absolute Gasteiger partial charge is 0.606 e. The van der Waals surface area contributed by atoms with E-state index in [9.17, 15) is 9.36 Å². The quantitative estimate of drug-likeness (QED) is 0.355. The van der Waals surface area contributed by atoms with Gasteiger partial charge in [0.1, 0.15) is 5.75 Å². The van der Waals surface area contributed by atoms with Gasteiger partial charge in [0.05, 0.1) is 0 Å². The standard InChI is InChI=1S/C7H6NO5P/c9-6-8-13-14(10,11)12-7-4-2-1-3-5-7/h1-5H,(H,10,11). The molecule has 0 radical (unpaired) electrons. The van der Waals surface area contributed by atoms with Crippen LogP contribution in [0.3, 0.4) is 0 Å². The number of nitrogens with zero attached hydrogens (tertiary/aromatic N) is 1. The Morgan fingerprint density at radius 2 is 2.00 bits per heavy atom. The Bertz CT molecular complexity index is 386. The van der Waals surface area contributed by atoms with Crippen molar-refractivity contribution in [2.24, 2.45) is 5.16 Å². The monoisotopic (exact) mass is 215 g/mol. The lowest BCUT2D eigenvalue weighted by Gasteiger charge is -2.07. The van der Waals surface area contributed by atoms with Crippen LogP contribution in [0, 0.1) is 0 Å². The van der Waals surface area contributed by atoms with Gasteiger partial charge < -0.3 is 4.52 Å². The Morgan fingerprint density at radius 3 is 2.57 bits per heavy atom. The lowest BCUT2D eigenvalue weighted by Crippen LogP contribution is -1.92. The zero-order valence-corrected chi connectivity index (χ0v) is 7.76. The van der Waals surface area contributed by atoms with Crippen molar-refractivity contribution in [2.45, 2.75) is 0 Å². The van der Waals surface area contributed by atoms with Crippen molar-refractivity contribution in [1.29, 1.82) is 0 Å². The van der Waals surface area contributed by atoms with Crippen molar-refractivity contribution < 1.29 is 23.4 Å². The molecule has 14 heavy (non-hydrogen) atoms. The van der Waals surface area contributed by atoms with Crippen LogP contribution in [0.15, 0.2) is 35.5 Å². The topological polar surface area (TPSA) is 85.2 Å². The molecule has 1 rings (SSSR count). The number of hydrogen-bond donors (Lipinski definition) is 1. The second-order valence-corrected chi connectivity index (χ2v) is 3.42. The summed E-state index contributed by atoms with van der Waals surface area (Å²) in [6.07, 6.45) is 0.950. The van der Waals surface area contributed by atoms with Crippen LogP contribution in [0.2, 0.25) is 0 Å². The predicted octanol–water partition coefficient (Wildman–Crippen LogP) is 1.43. The molecule has 0 aliphatic rings. The molecule has 0 fully saturated rings. The average molecular weight is 215 g/mol. The van der Waals surface area contributed by atoms with Gasteiger partial charge >= 0.3 is 7.82 Å². The molecule has 1 N–H and O–H groups in total. The van der Waals surface area contributed by atoms with Crippen LogP contribution < -0.4 is 4.52 Å². The maximum Gasteiger partial charge on any atom is 0.606 e. The molecule has 6 nitrogen and oxygen atoms in total. The molecule has 0 amide bonds. The summed E-state index contributed by atoms with van der Waals surface area (Å²) >= 11 is 0. The molecule has 0 bridgehead atoms. The smallest absolute Gasteiger partial charge is 0.394 e. The molecule has 1 unspecified atom stereocenters. The SMILES string of the molecule is O=C=NOP(=O)(O)Oc1ccccc1. The lowest BCUT2D eigenvalue weighted by atomic mass is 10.3. The van der Waals surface area contributed by atoms with E-state index < -0.39 is 7.82 Å². The number of hydrogen-bond acceptors (Lipinski definition) is 5. The fraction of sp³-hybridized carbons (Fsp3) is 0. The predicted molar refractivity (Wildman–Crippen MR) is 46.1 cm³/mol. The van der Waals surface area contributed by atoms with E-state index in [2.05, 4.69) is 14.3 Å². The van der Waals surface area contributed by atoms with Crippen molar-refractivity contribution in [3.63, 3.8) is 0 Å². The molecule has 0 saturated heterocycles. The van der Waals surface area contributed by atoms with Gasteiger partial charge in [-0.25, -0.2) is 9.36 Å². The number of phosphoric ester groups is 1. The highest BCUT2D eigenvalue weighted by Crippen LogP contribution is 2.43. The second-order valence-electron chi connectivity index (χ2n) is 2.14. The Balaban J connectivity index is 2.68. The summed E-state index contributed by atoms with van der Waals surface area (Å²) in [5.74, 6) is 0.138. The van der Waals surface area contributed by atoms with E-state index in [0.29, 0.717) is 0 Å². The zero-order chi connectivity index (χ0) is 10.4. The van der Waals surface area contributed by atoms with Crippen LogP contribution >= 0.6 is 7.82 Å². The van der Waals surface area contributed by atoms with Gasteiger partial charge in [0.2, 0.25) is 0 Å². The van der Waals surface area contributed by atoms with E-state index in [1.165, 1.54) is 12.1 Å². The van der Waals surface area contributed by atoms with Crippen molar-refractivity contribution >= 4 is 13.9 Å². The minimum Gasteiger partial charge on any atom is -0.394 e. The van der Waals surface area contributed by atoms with E-state index in [0.717, 1.165) is 6.08 Å². The van der Waals surface area contributed by atoms with Gasteiger partial charge in [-0.3, -0.25) is 9.52 Å². The molecule has 0 heterocycles. The first kappa shape index (κ1) is 10.5. The Morgan fingerprint density at radius 1 is 1.36 bits per heavy atom. The zero-order valence-electron chi connectivity index (χ0n) is 6.86. The number of phosphoric acid groups is 1. The maximum absolute atomic E-state index is 11.0. The molecular formula is C7H6NO5P. The van der Waals surface area contributed by atoms with Gasteiger partial charge in [-0.05, 0) is 12.1 Å². The van der Waals surface area contributed by atoms with Crippen LogP contribution in [0.5, 0.6) is 5.75 Å². The summed E-state index contributed by atoms with van der Waals surface area (Å²) in [6, 6.07) is 7.84. The Labute approximate surface area is 79.4 Å². The third kappa shape index (κ3) is 3.41. The summed E-state index contributed by atoms with van der Waals surface area (Å²) < 4.78 is 19.4. The first-order chi connectivity index (χ1) is 6.64. The Hall–Kier alpha value is -1.61. The molecular weight excluding hydrogens is 209 g/mol. The highest BCUT2D eigenvalue weighted by Gasteiger charge is 2.24. The molecule has 7 heteroatoms. The molecule has 0 aromatic heterocycles. The minimum absolute atomic E-state index is 0.138. The molecule has 74 valence electrons. The molecule has 0 spiro atoms. The average Bonchev–Trinajstić information content (AvgIpc) is 2.16. The van der Waals surface area contributed by atoms with Gasteiger partial charge in [0.15, 0.2) is 0 Å². The molecule has 1 aromatic rings. The fourth-order valence-corrected chi connectivity index (χ4v) is 1.26. The van der Waals surface area contributed by atoms with Crippen LogP contribution in [0.4, 0.5) is 0 Å². The highest BCUT2D eigenvalue weighted by atomic mass is 31.2. The van der Waals surface area contributed by atoms with Gasteiger partial charge in [-0.15, -0.1) is 0 Å². The molecule has 0 aliphatic carbocycles. The molecule has 1 atom stereocenters. The summed E-state index contributed by atoms with van der Waals surface area (Å²) in [7, 11) is -4.36.